The molecular formula is C16H14BrN3O. The van der Waals surface area contributed by atoms with Crippen LogP contribution >= 0.6 is 15.9 Å². The van der Waals surface area contributed by atoms with Gasteiger partial charge in [0.25, 0.3) is 0 Å². The molecule has 0 saturated carbocycles. The Morgan fingerprint density at radius 1 is 1.05 bits per heavy atom. The number of para-hydroxylation sites is 1. The van der Waals surface area contributed by atoms with Gasteiger partial charge in [-0.25, -0.2) is 4.98 Å². The first-order valence-corrected chi connectivity index (χ1v) is 7.49. The van der Waals surface area contributed by atoms with Crippen LogP contribution in [0.5, 0.6) is 11.6 Å². The molecular weight excluding hydrogens is 330 g/mol. The van der Waals surface area contributed by atoms with Crippen LogP contribution in [0.2, 0.25) is 0 Å². The van der Waals surface area contributed by atoms with E-state index in [1.807, 2.05) is 55.5 Å². The number of rotatable bonds is 4. The van der Waals surface area contributed by atoms with Gasteiger partial charge >= 0.3 is 0 Å². The topological polar surface area (TPSA) is 47.0 Å². The summed E-state index contributed by atoms with van der Waals surface area (Å²) in [6, 6.07) is 15.5. The molecule has 1 aromatic heterocycles. The Hall–Kier alpha value is -2.14. The van der Waals surface area contributed by atoms with Gasteiger partial charge in [-0.05, 0) is 43.3 Å². The zero-order valence-electron chi connectivity index (χ0n) is 11.5. The molecule has 0 aliphatic carbocycles. The number of nitrogens with one attached hydrogen (secondary N) is 1. The highest BCUT2D eigenvalue weighted by Crippen LogP contribution is 2.29. The van der Waals surface area contributed by atoms with Gasteiger partial charge in [0.2, 0.25) is 11.8 Å². The van der Waals surface area contributed by atoms with Gasteiger partial charge in [0.05, 0.1) is 10.9 Å². The third-order valence-corrected chi connectivity index (χ3v) is 3.46. The average Bonchev–Trinajstić information content (AvgIpc) is 2.50. The molecule has 1 N–H and O–H groups in total. The number of hydrogen-bond acceptors (Lipinski definition) is 4. The molecule has 3 rings (SSSR count). The minimum atomic E-state index is 0.555. The van der Waals surface area contributed by atoms with Gasteiger partial charge in [-0.1, -0.05) is 28.1 Å². The number of hydrogen-bond donors (Lipinski definition) is 1. The number of aromatic nitrogens is 2. The Morgan fingerprint density at radius 2 is 1.81 bits per heavy atom. The maximum Gasteiger partial charge on any atom is 0.231 e. The van der Waals surface area contributed by atoms with E-state index in [1.54, 1.807) is 0 Å². The molecule has 106 valence electrons. The van der Waals surface area contributed by atoms with Crippen molar-refractivity contribution >= 4 is 32.8 Å². The van der Waals surface area contributed by atoms with Crippen molar-refractivity contribution in [3.8, 4) is 11.6 Å². The van der Waals surface area contributed by atoms with Crippen LogP contribution in [-0.4, -0.2) is 16.5 Å². The predicted octanol–water partition coefficient (Wildman–Crippen LogP) is 4.62. The van der Waals surface area contributed by atoms with E-state index in [0.29, 0.717) is 11.8 Å². The summed E-state index contributed by atoms with van der Waals surface area (Å²) < 4.78 is 6.93. The maximum absolute atomic E-state index is 5.92. The summed E-state index contributed by atoms with van der Waals surface area (Å²) in [6.07, 6.45) is 0. The fourth-order valence-electron chi connectivity index (χ4n) is 1.98. The average molecular weight is 344 g/mol. The zero-order chi connectivity index (χ0) is 14.7. The Morgan fingerprint density at radius 3 is 2.57 bits per heavy atom. The summed E-state index contributed by atoms with van der Waals surface area (Å²) in [5, 5.41) is 4.02. The molecule has 5 heteroatoms. The van der Waals surface area contributed by atoms with Gasteiger partial charge in [0.1, 0.15) is 5.75 Å². The fraction of sp³-hybridized carbons (Fsp3) is 0.125. The number of nitrogens with zero attached hydrogens (tertiary/aromatic N) is 2. The minimum absolute atomic E-state index is 0.555. The molecule has 4 nitrogen and oxygen atoms in total. The molecule has 2 aromatic carbocycles. The highest BCUT2D eigenvalue weighted by atomic mass is 79.9. The van der Waals surface area contributed by atoms with Crippen LogP contribution in [-0.2, 0) is 0 Å². The Labute approximate surface area is 131 Å². The summed E-state index contributed by atoms with van der Waals surface area (Å²) in [7, 11) is 0. The van der Waals surface area contributed by atoms with E-state index in [0.717, 1.165) is 27.7 Å². The fourth-order valence-corrected chi connectivity index (χ4v) is 2.24. The number of fused-ring (bicyclic) bond motifs is 1. The Balaban J connectivity index is 2.04. The summed E-state index contributed by atoms with van der Waals surface area (Å²) >= 11 is 3.41. The van der Waals surface area contributed by atoms with Crippen molar-refractivity contribution in [1.29, 1.82) is 0 Å². The first kappa shape index (κ1) is 13.8. The maximum atomic E-state index is 5.92. The first-order chi connectivity index (χ1) is 10.3. The van der Waals surface area contributed by atoms with E-state index in [9.17, 15) is 0 Å². The van der Waals surface area contributed by atoms with Crippen LogP contribution in [0.15, 0.2) is 53.0 Å². The monoisotopic (exact) mass is 343 g/mol. The second-order valence-electron chi connectivity index (χ2n) is 4.46. The third-order valence-electron chi connectivity index (χ3n) is 2.93. The summed E-state index contributed by atoms with van der Waals surface area (Å²) in [5.41, 5.74) is 0.857. The van der Waals surface area contributed by atoms with Crippen molar-refractivity contribution in [2.24, 2.45) is 0 Å². The van der Waals surface area contributed by atoms with E-state index in [2.05, 4.69) is 31.2 Å². The van der Waals surface area contributed by atoms with E-state index in [4.69, 9.17) is 4.74 Å². The number of benzene rings is 2. The second kappa shape index (κ2) is 6.10. The number of ether oxygens (including phenoxy) is 1. The second-order valence-corrected chi connectivity index (χ2v) is 5.37. The van der Waals surface area contributed by atoms with Gasteiger partial charge in [0, 0.05) is 11.0 Å². The molecule has 0 radical (unpaired) electrons. The SMILES string of the molecule is CCNc1nc(Oc2ccc(Br)cc2)c2ccccc2n1. The van der Waals surface area contributed by atoms with Gasteiger partial charge in [-0.3, -0.25) is 0 Å². The van der Waals surface area contributed by atoms with Crippen LogP contribution in [0.25, 0.3) is 10.9 Å². The van der Waals surface area contributed by atoms with Gasteiger partial charge in [-0.15, -0.1) is 0 Å². The Kier molecular flexibility index (Phi) is 4.01. The zero-order valence-corrected chi connectivity index (χ0v) is 13.1. The van der Waals surface area contributed by atoms with Gasteiger partial charge in [0.15, 0.2) is 0 Å². The molecule has 0 atom stereocenters. The highest BCUT2D eigenvalue weighted by molar-refractivity contribution is 9.10. The molecule has 0 bridgehead atoms. The number of anilines is 1. The molecule has 0 amide bonds. The predicted molar refractivity (Wildman–Crippen MR) is 87.9 cm³/mol. The molecule has 0 unspecified atom stereocenters. The van der Waals surface area contributed by atoms with Crippen molar-refractivity contribution in [3.05, 3.63) is 53.0 Å². The minimum Gasteiger partial charge on any atom is -0.438 e. The van der Waals surface area contributed by atoms with Gasteiger partial charge in [-0.2, -0.15) is 4.98 Å². The molecule has 3 aromatic rings. The molecule has 0 aliphatic rings. The van der Waals surface area contributed by atoms with Crippen molar-refractivity contribution in [2.75, 3.05) is 11.9 Å². The largest absolute Gasteiger partial charge is 0.438 e. The smallest absolute Gasteiger partial charge is 0.231 e. The van der Waals surface area contributed by atoms with Crippen LogP contribution in [0.4, 0.5) is 5.95 Å². The lowest BCUT2D eigenvalue weighted by molar-refractivity contribution is 0.469. The molecule has 21 heavy (non-hydrogen) atoms. The van der Waals surface area contributed by atoms with E-state index >= 15 is 0 Å². The lowest BCUT2D eigenvalue weighted by Crippen LogP contribution is -2.03. The van der Waals surface area contributed by atoms with Gasteiger partial charge < -0.3 is 10.1 Å². The van der Waals surface area contributed by atoms with Crippen LogP contribution in [0.1, 0.15) is 6.92 Å². The lowest BCUT2D eigenvalue weighted by atomic mass is 10.2. The van der Waals surface area contributed by atoms with Crippen LogP contribution < -0.4 is 10.1 Å². The molecule has 0 spiro atoms. The van der Waals surface area contributed by atoms with Crippen molar-refractivity contribution in [1.82, 2.24) is 9.97 Å². The quantitative estimate of drug-likeness (QED) is 0.750. The first-order valence-electron chi connectivity index (χ1n) is 6.70. The summed E-state index contributed by atoms with van der Waals surface area (Å²) in [6.45, 7) is 2.77. The highest BCUT2D eigenvalue weighted by Gasteiger charge is 2.09. The van der Waals surface area contributed by atoms with E-state index < -0.39 is 0 Å². The molecule has 0 saturated heterocycles. The summed E-state index contributed by atoms with van der Waals surface area (Å²) in [4.78, 5) is 8.92. The van der Waals surface area contributed by atoms with Crippen LogP contribution in [0, 0.1) is 0 Å². The third kappa shape index (κ3) is 3.13. The summed E-state index contributed by atoms with van der Waals surface area (Å²) in [5.74, 6) is 1.87. The lowest BCUT2D eigenvalue weighted by Gasteiger charge is -2.10. The van der Waals surface area contributed by atoms with Crippen molar-refractivity contribution < 1.29 is 4.74 Å². The molecule has 0 aliphatic heterocycles. The van der Waals surface area contributed by atoms with Crippen molar-refractivity contribution in [3.63, 3.8) is 0 Å². The van der Waals surface area contributed by atoms with E-state index in [-0.39, 0.29) is 0 Å². The molecule has 1 heterocycles. The standard InChI is InChI=1S/C16H14BrN3O/c1-2-18-16-19-14-6-4-3-5-13(14)15(20-16)21-12-9-7-11(17)8-10-12/h3-10H,2H2,1H3,(H,18,19,20). The Bertz CT molecular complexity index is 759. The van der Waals surface area contributed by atoms with E-state index in [1.165, 1.54) is 0 Å². The van der Waals surface area contributed by atoms with Crippen molar-refractivity contribution in [2.45, 2.75) is 6.92 Å². The molecule has 0 fully saturated rings. The normalized spacial score (nSPS) is 10.6. The van der Waals surface area contributed by atoms with Crippen LogP contribution in [0.3, 0.4) is 0 Å². The number of halogens is 1.